The molecule has 0 spiro atoms. The first-order chi connectivity index (χ1) is 13.0. The normalized spacial score (nSPS) is 29.2. The molecular formula is C22H28N2O3. The minimum absolute atomic E-state index is 0.0371. The van der Waals surface area contributed by atoms with E-state index in [2.05, 4.69) is 13.8 Å². The maximum Gasteiger partial charge on any atom is 0.253 e. The van der Waals surface area contributed by atoms with Crippen molar-refractivity contribution in [1.29, 1.82) is 0 Å². The van der Waals surface area contributed by atoms with E-state index >= 15 is 0 Å². The van der Waals surface area contributed by atoms with Crippen molar-refractivity contribution >= 4 is 23.4 Å². The van der Waals surface area contributed by atoms with Crippen LogP contribution in [0.5, 0.6) is 0 Å². The van der Waals surface area contributed by atoms with Gasteiger partial charge in [0.2, 0.25) is 11.8 Å². The summed E-state index contributed by atoms with van der Waals surface area (Å²) < 4.78 is 0. The zero-order valence-corrected chi connectivity index (χ0v) is 16.2. The van der Waals surface area contributed by atoms with E-state index in [9.17, 15) is 14.4 Å². The Morgan fingerprint density at radius 1 is 0.852 bits per heavy atom. The monoisotopic (exact) mass is 368 g/mol. The van der Waals surface area contributed by atoms with Crippen LogP contribution in [-0.4, -0.2) is 35.7 Å². The van der Waals surface area contributed by atoms with Crippen molar-refractivity contribution in [1.82, 2.24) is 4.90 Å². The van der Waals surface area contributed by atoms with Crippen LogP contribution in [-0.2, 0) is 9.59 Å². The number of carbonyl (C=O) groups excluding carboxylic acids is 3. The molecule has 0 N–H and O–H groups in total. The number of carbonyl (C=O) groups is 3. The Balaban J connectivity index is 1.50. The van der Waals surface area contributed by atoms with Crippen LogP contribution in [0.15, 0.2) is 24.3 Å². The van der Waals surface area contributed by atoms with Crippen LogP contribution in [0.3, 0.4) is 0 Å². The van der Waals surface area contributed by atoms with E-state index < -0.39 is 0 Å². The fraction of sp³-hybridized carbons (Fsp3) is 0.591. The van der Waals surface area contributed by atoms with Gasteiger partial charge in [0.05, 0.1) is 17.5 Å². The summed E-state index contributed by atoms with van der Waals surface area (Å²) in [7, 11) is 0. The molecule has 3 fully saturated rings. The van der Waals surface area contributed by atoms with Crippen LogP contribution in [0.4, 0.5) is 5.69 Å². The highest BCUT2D eigenvalue weighted by Gasteiger charge is 2.49. The predicted molar refractivity (Wildman–Crippen MR) is 103 cm³/mol. The van der Waals surface area contributed by atoms with Gasteiger partial charge < -0.3 is 4.90 Å². The predicted octanol–water partition coefficient (Wildman–Crippen LogP) is 3.48. The highest BCUT2D eigenvalue weighted by molar-refractivity contribution is 6.22. The third-order valence-corrected chi connectivity index (χ3v) is 6.63. The molecule has 4 rings (SSSR count). The first kappa shape index (κ1) is 18.2. The largest absolute Gasteiger partial charge is 0.339 e. The van der Waals surface area contributed by atoms with Gasteiger partial charge in [-0.05, 0) is 68.2 Å². The van der Waals surface area contributed by atoms with Crippen LogP contribution < -0.4 is 4.90 Å². The Bertz CT molecular complexity index is 749. The number of amides is 3. The van der Waals surface area contributed by atoms with Crippen molar-refractivity contribution in [2.45, 2.75) is 46.0 Å². The van der Waals surface area contributed by atoms with E-state index in [4.69, 9.17) is 0 Å². The molecule has 1 aromatic rings. The molecule has 2 heterocycles. The average Bonchev–Trinajstić information content (AvgIpc) is 2.92. The second-order valence-electron chi connectivity index (χ2n) is 8.66. The van der Waals surface area contributed by atoms with Crippen LogP contribution in [0, 0.1) is 23.7 Å². The Hall–Kier alpha value is -2.17. The lowest BCUT2D eigenvalue weighted by Crippen LogP contribution is -2.38. The van der Waals surface area contributed by atoms with E-state index in [0.717, 1.165) is 45.2 Å². The molecule has 5 heteroatoms. The molecule has 1 saturated carbocycles. The standard InChI is InChI=1S/C22H28N2O3/c1-14-9-11-23(12-10-14)20(25)16-4-6-17(7-5-16)24-21(26)18-8-3-15(2)13-19(18)22(24)27/h4-7,14-15,18-19H,3,8-13H2,1-2H3/t15-,18+,19-/m0/s1. The number of benzene rings is 1. The van der Waals surface area contributed by atoms with Gasteiger partial charge in [-0.15, -0.1) is 0 Å². The van der Waals surface area contributed by atoms with Gasteiger partial charge in [-0.2, -0.15) is 0 Å². The van der Waals surface area contributed by atoms with Gasteiger partial charge in [0.15, 0.2) is 0 Å². The molecule has 1 aliphatic carbocycles. The highest BCUT2D eigenvalue weighted by Crippen LogP contribution is 2.42. The zero-order valence-electron chi connectivity index (χ0n) is 16.2. The van der Waals surface area contributed by atoms with E-state index in [1.807, 2.05) is 4.90 Å². The Labute approximate surface area is 160 Å². The minimum Gasteiger partial charge on any atom is -0.339 e. The number of hydrogen-bond donors (Lipinski definition) is 0. The molecule has 0 bridgehead atoms. The molecule has 27 heavy (non-hydrogen) atoms. The molecule has 5 nitrogen and oxygen atoms in total. The van der Waals surface area contributed by atoms with Crippen LogP contribution in [0.1, 0.15) is 56.3 Å². The number of imide groups is 1. The lowest BCUT2D eigenvalue weighted by Gasteiger charge is -2.30. The van der Waals surface area contributed by atoms with Gasteiger partial charge in [0, 0.05) is 18.7 Å². The smallest absolute Gasteiger partial charge is 0.253 e. The van der Waals surface area contributed by atoms with E-state index in [0.29, 0.717) is 23.1 Å². The summed E-state index contributed by atoms with van der Waals surface area (Å²) in [4.78, 5) is 41.5. The lowest BCUT2D eigenvalue weighted by atomic mass is 9.76. The van der Waals surface area contributed by atoms with E-state index in [1.54, 1.807) is 24.3 Å². The van der Waals surface area contributed by atoms with Crippen molar-refractivity contribution in [2.24, 2.45) is 23.7 Å². The first-order valence-corrected chi connectivity index (χ1v) is 10.2. The van der Waals surface area contributed by atoms with Crippen molar-refractivity contribution in [2.75, 3.05) is 18.0 Å². The molecule has 3 aliphatic rings. The number of anilines is 1. The van der Waals surface area contributed by atoms with Gasteiger partial charge in [-0.25, -0.2) is 0 Å². The van der Waals surface area contributed by atoms with Gasteiger partial charge in [-0.1, -0.05) is 13.8 Å². The molecule has 0 radical (unpaired) electrons. The van der Waals surface area contributed by atoms with Crippen LogP contribution >= 0.6 is 0 Å². The lowest BCUT2D eigenvalue weighted by molar-refractivity contribution is -0.122. The third kappa shape index (κ3) is 3.28. The maximum atomic E-state index is 12.8. The summed E-state index contributed by atoms with van der Waals surface area (Å²) in [5, 5.41) is 0. The fourth-order valence-electron chi connectivity index (χ4n) is 4.79. The third-order valence-electron chi connectivity index (χ3n) is 6.63. The average molecular weight is 368 g/mol. The summed E-state index contributed by atoms with van der Waals surface area (Å²) in [5.74, 6) is 0.741. The van der Waals surface area contributed by atoms with E-state index in [-0.39, 0.29) is 29.6 Å². The van der Waals surface area contributed by atoms with Crippen molar-refractivity contribution in [3.63, 3.8) is 0 Å². The molecular weight excluding hydrogens is 340 g/mol. The molecule has 0 unspecified atom stereocenters. The molecule has 0 aromatic heterocycles. The number of hydrogen-bond acceptors (Lipinski definition) is 3. The molecule has 1 aromatic carbocycles. The topological polar surface area (TPSA) is 57.7 Å². The van der Waals surface area contributed by atoms with Crippen molar-refractivity contribution in [3.05, 3.63) is 29.8 Å². The van der Waals surface area contributed by atoms with E-state index in [1.165, 1.54) is 4.90 Å². The SMILES string of the molecule is CC1CCN(C(=O)c2ccc(N3C(=O)[C@H]4C[C@@H](C)CC[C@H]4C3=O)cc2)CC1. The zero-order chi connectivity index (χ0) is 19.1. The molecule has 2 saturated heterocycles. The first-order valence-electron chi connectivity index (χ1n) is 10.2. The summed E-state index contributed by atoms with van der Waals surface area (Å²) in [6.07, 6.45) is 4.70. The summed E-state index contributed by atoms with van der Waals surface area (Å²) in [6, 6.07) is 6.99. The fourth-order valence-corrected chi connectivity index (χ4v) is 4.79. The molecule has 3 amide bonds. The molecule has 144 valence electrons. The Morgan fingerprint density at radius 3 is 2.15 bits per heavy atom. The molecule has 3 atom stereocenters. The van der Waals surface area contributed by atoms with Gasteiger partial charge in [0.25, 0.3) is 5.91 Å². The van der Waals surface area contributed by atoms with Gasteiger partial charge >= 0.3 is 0 Å². The Kier molecular flexibility index (Phi) is 4.79. The quantitative estimate of drug-likeness (QED) is 0.751. The van der Waals surface area contributed by atoms with Crippen LogP contribution in [0.2, 0.25) is 0 Å². The maximum absolute atomic E-state index is 12.8. The van der Waals surface area contributed by atoms with Crippen LogP contribution in [0.25, 0.3) is 0 Å². The van der Waals surface area contributed by atoms with Crippen molar-refractivity contribution in [3.8, 4) is 0 Å². The second-order valence-corrected chi connectivity index (χ2v) is 8.66. The second kappa shape index (κ2) is 7.10. The van der Waals surface area contributed by atoms with Crippen molar-refractivity contribution < 1.29 is 14.4 Å². The summed E-state index contributed by atoms with van der Waals surface area (Å²) in [5.41, 5.74) is 1.22. The summed E-state index contributed by atoms with van der Waals surface area (Å²) in [6.45, 7) is 5.97. The summed E-state index contributed by atoms with van der Waals surface area (Å²) >= 11 is 0. The minimum atomic E-state index is -0.169. The molecule has 2 aliphatic heterocycles. The van der Waals surface area contributed by atoms with Gasteiger partial charge in [0.1, 0.15) is 0 Å². The highest BCUT2D eigenvalue weighted by atomic mass is 16.2. The number of nitrogens with zero attached hydrogens (tertiary/aromatic N) is 2. The number of fused-ring (bicyclic) bond motifs is 1. The Morgan fingerprint density at radius 2 is 1.48 bits per heavy atom. The number of likely N-dealkylation sites (tertiary alicyclic amines) is 1. The number of piperidine rings is 1. The number of rotatable bonds is 2. The van der Waals surface area contributed by atoms with Gasteiger partial charge in [-0.3, -0.25) is 19.3 Å².